The van der Waals surface area contributed by atoms with Crippen LogP contribution in [-0.4, -0.2) is 54.2 Å². The molecule has 2 fully saturated rings. The molecule has 0 radical (unpaired) electrons. The predicted molar refractivity (Wildman–Crippen MR) is 106 cm³/mol. The van der Waals surface area contributed by atoms with Crippen molar-refractivity contribution in [1.29, 1.82) is 0 Å². The summed E-state index contributed by atoms with van der Waals surface area (Å²) in [5.74, 6) is 0.571. The number of benzene rings is 1. The van der Waals surface area contributed by atoms with Crippen LogP contribution in [0.3, 0.4) is 0 Å². The van der Waals surface area contributed by atoms with Gasteiger partial charge in [0, 0.05) is 44.3 Å². The number of piperazine rings is 1. The van der Waals surface area contributed by atoms with Gasteiger partial charge >= 0.3 is 12.3 Å². The number of nitrogens with one attached hydrogen (secondary N) is 1. The van der Waals surface area contributed by atoms with E-state index < -0.39 is 17.8 Å². The molecular weight excluding hydrogens is 399 g/mol. The molecule has 6 nitrogen and oxygen atoms in total. The van der Waals surface area contributed by atoms with Gasteiger partial charge in [-0.25, -0.2) is 4.79 Å². The Bertz CT molecular complexity index is 723. The van der Waals surface area contributed by atoms with E-state index in [1.54, 1.807) is 0 Å². The summed E-state index contributed by atoms with van der Waals surface area (Å²) in [5.41, 5.74) is 0.0784. The van der Waals surface area contributed by atoms with Gasteiger partial charge in [0.2, 0.25) is 5.91 Å². The number of hydrogen-bond donors (Lipinski definition) is 2. The first-order valence-corrected chi connectivity index (χ1v) is 10.4. The SMILES string of the molecule is O=C(O)NC1CCC(CCC(=O)N2CCN(c3ccc(C(F)(F)F)cc3)CC2)CC1. The third kappa shape index (κ3) is 6.03. The van der Waals surface area contributed by atoms with Crippen LogP contribution in [0.4, 0.5) is 23.7 Å². The highest BCUT2D eigenvalue weighted by atomic mass is 19.4. The first-order valence-electron chi connectivity index (χ1n) is 10.4. The lowest BCUT2D eigenvalue weighted by atomic mass is 9.83. The molecule has 1 aliphatic carbocycles. The average molecular weight is 427 g/mol. The van der Waals surface area contributed by atoms with E-state index >= 15 is 0 Å². The van der Waals surface area contributed by atoms with E-state index in [1.807, 2.05) is 9.80 Å². The van der Waals surface area contributed by atoms with Gasteiger partial charge in [-0.2, -0.15) is 13.2 Å². The molecule has 2 N–H and O–H groups in total. The van der Waals surface area contributed by atoms with Crippen molar-refractivity contribution < 1.29 is 27.9 Å². The summed E-state index contributed by atoms with van der Waals surface area (Å²) in [6, 6.07) is 5.17. The standard InChI is InChI=1S/C21H28F3N3O3/c22-21(23,24)16-4-8-18(9-5-16)26-11-13-27(14-12-26)19(28)10-3-15-1-6-17(7-2-15)25-20(29)30/h4-5,8-9,15,17,25H,1-3,6-7,10-14H2,(H,29,30). The zero-order chi connectivity index (χ0) is 21.7. The Morgan fingerprint density at radius 2 is 1.60 bits per heavy atom. The number of carbonyl (C=O) groups is 2. The minimum atomic E-state index is -4.34. The number of rotatable bonds is 5. The summed E-state index contributed by atoms with van der Waals surface area (Å²) in [6.45, 7) is 2.33. The fraction of sp³-hybridized carbons (Fsp3) is 0.619. The largest absolute Gasteiger partial charge is 0.465 e. The monoisotopic (exact) mass is 427 g/mol. The van der Waals surface area contributed by atoms with Crippen molar-refractivity contribution in [3.05, 3.63) is 29.8 Å². The van der Waals surface area contributed by atoms with Crippen LogP contribution in [0.1, 0.15) is 44.1 Å². The maximum atomic E-state index is 12.7. The second-order valence-electron chi connectivity index (χ2n) is 8.12. The molecule has 166 valence electrons. The van der Waals surface area contributed by atoms with Gasteiger partial charge in [0.1, 0.15) is 0 Å². The molecule has 1 aromatic carbocycles. The number of nitrogens with zero attached hydrogens (tertiary/aromatic N) is 2. The van der Waals surface area contributed by atoms with Crippen LogP contribution in [0.25, 0.3) is 0 Å². The van der Waals surface area contributed by atoms with E-state index in [0.29, 0.717) is 38.5 Å². The predicted octanol–water partition coefficient (Wildman–Crippen LogP) is 3.96. The van der Waals surface area contributed by atoms with E-state index in [-0.39, 0.29) is 11.9 Å². The third-order valence-corrected chi connectivity index (χ3v) is 6.13. The van der Waals surface area contributed by atoms with Gasteiger partial charge in [-0.3, -0.25) is 4.79 Å². The smallest absolute Gasteiger partial charge is 0.416 e. The molecule has 30 heavy (non-hydrogen) atoms. The van der Waals surface area contributed by atoms with Gasteiger partial charge in [0.25, 0.3) is 0 Å². The third-order valence-electron chi connectivity index (χ3n) is 6.13. The topological polar surface area (TPSA) is 72.9 Å². The van der Waals surface area contributed by atoms with E-state index in [9.17, 15) is 22.8 Å². The lowest BCUT2D eigenvalue weighted by Crippen LogP contribution is -2.48. The number of anilines is 1. The summed E-state index contributed by atoms with van der Waals surface area (Å²) in [7, 11) is 0. The lowest BCUT2D eigenvalue weighted by molar-refractivity contribution is -0.137. The summed E-state index contributed by atoms with van der Waals surface area (Å²) in [5, 5.41) is 11.3. The van der Waals surface area contributed by atoms with Gasteiger partial charge in [-0.05, 0) is 62.3 Å². The fourth-order valence-electron chi connectivity index (χ4n) is 4.33. The number of hydrogen-bond acceptors (Lipinski definition) is 3. The molecule has 0 unspecified atom stereocenters. The first kappa shape index (κ1) is 22.2. The Balaban J connectivity index is 1.39. The normalized spacial score (nSPS) is 22.6. The number of halogens is 3. The van der Waals surface area contributed by atoms with Crippen molar-refractivity contribution in [1.82, 2.24) is 10.2 Å². The molecule has 0 atom stereocenters. The van der Waals surface area contributed by atoms with Gasteiger partial charge in [0.15, 0.2) is 0 Å². The van der Waals surface area contributed by atoms with Gasteiger partial charge in [-0.15, -0.1) is 0 Å². The van der Waals surface area contributed by atoms with Crippen LogP contribution in [-0.2, 0) is 11.0 Å². The highest BCUT2D eigenvalue weighted by Gasteiger charge is 2.30. The number of amides is 2. The number of alkyl halides is 3. The van der Waals surface area contributed by atoms with Crippen molar-refractivity contribution in [2.45, 2.75) is 50.7 Å². The fourth-order valence-corrected chi connectivity index (χ4v) is 4.33. The van der Waals surface area contributed by atoms with Crippen LogP contribution in [0.15, 0.2) is 24.3 Å². The van der Waals surface area contributed by atoms with Crippen LogP contribution in [0.5, 0.6) is 0 Å². The van der Waals surface area contributed by atoms with E-state index in [4.69, 9.17) is 5.11 Å². The molecule has 0 spiro atoms. The Kier molecular flexibility index (Phi) is 7.10. The van der Waals surface area contributed by atoms with Crippen molar-refractivity contribution >= 4 is 17.7 Å². The molecule has 1 heterocycles. The maximum Gasteiger partial charge on any atom is 0.416 e. The Hall–Kier alpha value is -2.45. The highest BCUT2D eigenvalue weighted by molar-refractivity contribution is 5.76. The van der Waals surface area contributed by atoms with Crippen LogP contribution in [0.2, 0.25) is 0 Å². The van der Waals surface area contributed by atoms with Gasteiger partial charge in [0.05, 0.1) is 5.56 Å². The molecule has 0 bridgehead atoms. The molecule has 9 heteroatoms. The maximum absolute atomic E-state index is 12.7. The van der Waals surface area contributed by atoms with E-state index in [2.05, 4.69) is 5.32 Å². The van der Waals surface area contributed by atoms with Gasteiger partial charge in [-0.1, -0.05) is 0 Å². The van der Waals surface area contributed by atoms with Crippen LogP contribution < -0.4 is 10.2 Å². The first-order chi connectivity index (χ1) is 14.2. The molecule has 2 aliphatic rings. The minimum absolute atomic E-state index is 0.0210. The molecular formula is C21H28F3N3O3. The second kappa shape index (κ2) is 9.57. The molecule has 0 aromatic heterocycles. The van der Waals surface area contributed by atoms with Crippen molar-refractivity contribution in [2.75, 3.05) is 31.1 Å². The second-order valence-corrected chi connectivity index (χ2v) is 8.12. The van der Waals surface area contributed by atoms with Crippen molar-refractivity contribution in [3.63, 3.8) is 0 Å². The summed E-state index contributed by atoms with van der Waals surface area (Å²) in [4.78, 5) is 27.1. The Morgan fingerprint density at radius 3 is 2.13 bits per heavy atom. The zero-order valence-electron chi connectivity index (χ0n) is 16.8. The molecule has 1 saturated heterocycles. The van der Waals surface area contributed by atoms with E-state index in [0.717, 1.165) is 49.9 Å². The molecule has 1 saturated carbocycles. The van der Waals surface area contributed by atoms with E-state index in [1.165, 1.54) is 12.1 Å². The van der Waals surface area contributed by atoms with Crippen molar-refractivity contribution in [3.8, 4) is 0 Å². The lowest BCUT2D eigenvalue weighted by Gasteiger charge is -2.36. The van der Waals surface area contributed by atoms with Gasteiger partial charge < -0.3 is 20.2 Å². The molecule has 1 aliphatic heterocycles. The Labute approximate surface area is 174 Å². The molecule has 1 aromatic rings. The average Bonchev–Trinajstić information content (AvgIpc) is 2.72. The van der Waals surface area contributed by atoms with Crippen LogP contribution in [0, 0.1) is 5.92 Å². The number of carboxylic acid groups (broad SMARTS) is 1. The minimum Gasteiger partial charge on any atom is -0.465 e. The van der Waals surface area contributed by atoms with Crippen molar-refractivity contribution in [2.24, 2.45) is 5.92 Å². The summed E-state index contributed by atoms with van der Waals surface area (Å²) < 4.78 is 38.1. The highest BCUT2D eigenvalue weighted by Crippen LogP contribution is 2.31. The summed E-state index contributed by atoms with van der Waals surface area (Å²) >= 11 is 0. The quantitative estimate of drug-likeness (QED) is 0.746. The summed E-state index contributed by atoms with van der Waals surface area (Å²) in [6.07, 6.45) is -0.521. The zero-order valence-corrected chi connectivity index (χ0v) is 16.8. The molecule has 2 amide bonds. The number of carbonyl (C=O) groups excluding carboxylic acids is 1. The molecule has 3 rings (SSSR count). The Morgan fingerprint density at radius 1 is 1.00 bits per heavy atom. The van der Waals surface area contributed by atoms with Crippen LogP contribution >= 0.6 is 0 Å².